The molecule has 0 amide bonds. The summed E-state index contributed by atoms with van der Waals surface area (Å²) in [5, 5.41) is 37.4. The first-order valence-corrected chi connectivity index (χ1v) is 12.1. The highest BCUT2D eigenvalue weighted by Gasteiger charge is 2.24. The van der Waals surface area contributed by atoms with Crippen molar-refractivity contribution in [2.24, 2.45) is 0 Å². The smallest absolute Gasteiger partial charge is 0.138 e. The SMILES string of the molecule is Cc1c(CO)nnn1C[C@H](O)COc1ccc(C(C)(C)c2ccc(OC[C@H](O)CCl)c(Cl)c2)cc1. The number of hydrogen-bond donors (Lipinski definition) is 3. The Kier molecular flexibility index (Phi) is 9.38. The Balaban J connectivity index is 1.60. The van der Waals surface area contributed by atoms with Gasteiger partial charge in [0.2, 0.25) is 0 Å². The summed E-state index contributed by atoms with van der Waals surface area (Å²) in [6, 6.07) is 13.3. The third-order valence-electron chi connectivity index (χ3n) is 5.89. The number of aliphatic hydroxyl groups excluding tert-OH is 3. The highest BCUT2D eigenvalue weighted by Crippen LogP contribution is 2.36. The Bertz CT molecular complexity index is 1100. The van der Waals surface area contributed by atoms with Crippen molar-refractivity contribution in [1.82, 2.24) is 15.0 Å². The summed E-state index contributed by atoms with van der Waals surface area (Å²) >= 11 is 12.0. The van der Waals surface area contributed by atoms with Crippen molar-refractivity contribution in [2.75, 3.05) is 19.1 Å². The summed E-state index contributed by atoms with van der Waals surface area (Å²) in [5.41, 5.74) is 2.92. The Morgan fingerprint density at radius 1 is 1.00 bits per heavy atom. The van der Waals surface area contributed by atoms with E-state index in [4.69, 9.17) is 32.7 Å². The third kappa shape index (κ3) is 6.86. The molecule has 0 unspecified atom stereocenters. The lowest BCUT2D eigenvalue weighted by atomic mass is 9.78. The fourth-order valence-corrected chi connectivity index (χ4v) is 3.86. The highest BCUT2D eigenvalue weighted by atomic mass is 35.5. The van der Waals surface area contributed by atoms with Crippen LogP contribution in [0.1, 0.15) is 36.4 Å². The minimum atomic E-state index is -0.786. The number of benzene rings is 2. The monoisotopic (exact) mass is 523 g/mol. The van der Waals surface area contributed by atoms with Crippen LogP contribution in [0.25, 0.3) is 0 Å². The van der Waals surface area contributed by atoms with Gasteiger partial charge in [0.1, 0.15) is 42.6 Å². The Morgan fingerprint density at radius 2 is 1.66 bits per heavy atom. The van der Waals surface area contributed by atoms with Crippen LogP contribution in [-0.2, 0) is 18.6 Å². The molecular weight excluding hydrogens is 493 g/mol. The van der Waals surface area contributed by atoms with Gasteiger partial charge in [-0.1, -0.05) is 48.9 Å². The average molecular weight is 524 g/mol. The normalized spacial score (nSPS) is 13.5. The van der Waals surface area contributed by atoms with E-state index < -0.39 is 12.2 Å². The first kappa shape index (κ1) is 27.2. The van der Waals surface area contributed by atoms with Crippen molar-refractivity contribution in [3.63, 3.8) is 0 Å². The van der Waals surface area contributed by atoms with Crippen LogP contribution in [0.2, 0.25) is 5.02 Å². The summed E-state index contributed by atoms with van der Waals surface area (Å²) in [7, 11) is 0. The fraction of sp³-hybridized carbons (Fsp3) is 0.440. The maximum Gasteiger partial charge on any atom is 0.138 e. The van der Waals surface area contributed by atoms with Gasteiger partial charge in [0.25, 0.3) is 0 Å². The number of alkyl halides is 1. The molecular formula is C25H31Cl2N3O5. The molecule has 2 atom stereocenters. The second-order valence-electron chi connectivity index (χ2n) is 8.84. The van der Waals surface area contributed by atoms with Crippen molar-refractivity contribution in [1.29, 1.82) is 0 Å². The van der Waals surface area contributed by atoms with Crippen LogP contribution < -0.4 is 9.47 Å². The molecule has 0 aliphatic heterocycles. The topological polar surface area (TPSA) is 110 Å². The summed E-state index contributed by atoms with van der Waals surface area (Å²) in [6.45, 7) is 6.17. The second-order valence-corrected chi connectivity index (χ2v) is 9.56. The Labute approximate surface area is 215 Å². The Hall–Kier alpha value is -2.36. The maximum absolute atomic E-state index is 10.3. The summed E-state index contributed by atoms with van der Waals surface area (Å²) in [6.07, 6.45) is -1.54. The van der Waals surface area contributed by atoms with E-state index >= 15 is 0 Å². The van der Waals surface area contributed by atoms with Gasteiger partial charge in [0.15, 0.2) is 0 Å². The van der Waals surface area contributed by atoms with Gasteiger partial charge in [-0.3, -0.25) is 0 Å². The largest absolute Gasteiger partial charge is 0.491 e. The molecule has 0 aliphatic carbocycles. The molecule has 0 bridgehead atoms. The number of rotatable bonds is 12. The van der Waals surface area contributed by atoms with Crippen LogP contribution >= 0.6 is 23.2 Å². The van der Waals surface area contributed by atoms with Crippen LogP contribution in [0.5, 0.6) is 11.5 Å². The van der Waals surface area contributed by atoms with Crippen molar-refractivity contribution in [3.05, 3.63) is 70.0 Å². The van der Waals surface area contributed by atoms with Gasteiger partial charge < -0.3 is 24.8 Å². The summed E-state index contributed by atoms with van der Waals surface area (Å²) in [5.74, 6) is 1.22. The highest BCUT2D eigenvalue weighted by molar-refractivity contribution is 6.32. The molecule has 0 aliphatic rings. The maximum atomic E-state index is 10.3. The van der Waals surface area contributed by atoms with E-state index in [1.165, 1.54) is 0 Å². The molecule has 10 heteroatoms. The molecule has 35 heavy (non-hydrogen) atoms. The van der Waals surface area contributed by atoms with Crippen LogP contribution in [-0.4, -0.2) is 61.6 Å². The van der Waals surface area contributed by atoms with E-state index in [2.05, 4.69) is 24.2 Å². The number of ether oxygens (including phenoxy) is 2. The number of aliphatic hydroxyl groups is 3. The van der Waals surface area contributed by atoms with Gasteiger partial charge in [-0.05, 0) is 42.3 Å². The van der Waals surface area contributed by atoms with Crippen molar-refractivity contribution in [3.8, 4) is 11.5 Å². The van der Waals surface area contributed by atoms with Gasteiger partial charge in [-0.25, -0.2) is 4.68 Å². The minimum Gasteiger partial charge on any atom is -0.491 e. The summed E-state index contributed by atoms with van der Waals surface area (Å²) in [4.78, 5) is 0. The first-order chi connectivity index (χ1) is 16.6. The standard InChI is InChI=1S/C25H31Cl2N3O5/c1-16-23(13-31)28-29-30(16)12-20(33)15-34-21-7-4-17(5-8-21)25(2,3)18-6-9-24(22(27)10-18)35-14-19(32)11-26/h4-10,19-20,31-33H,11-15H2,1-3H3/t19-,20+/m1/s1. The minimum absolute atomic E-state index is 0.0737. The molecule has 190 valence electrons. The van der Waals surface area contributed by atoms with Crippen LogP contribution in [0.4, 0.5) is 0 Å². The van der Waals surface area contributed by atoms with Crippen molar-refractivity contribution < 1.29 is 24.8 Å². The van der Waals surface area contributed by atoms with Crippen molar-refractivity contribution >= 4 is 23.2 Å². The van der Waals surface area contributed by atoms with Gasteiger partial charge in [-0.2, -0.15) is 0 Å². The van der Waals surface area contributed by atoms with E-state index in [1.54, 1.807) is 17.7 Å². The molecule has 0 saturated heterocycles. The Morgan fingerprint density at radius 3 is 2.26 bits per heavy atom. The lowest BCUT2D eigenvalue weighted by Crippen LogP contribution is -2.25. The zero-order chi connectivity index (χ0) is 25.6. The molecule has 0 saturated carbocycles. The van der Waals surface area contributed by atoms with Crippen LogP contribution in [0.15, 0.2) is 42.5 Å². The van der Waals surface area contributed by atoms with Crippen LogP contribution in [0, 0.1) is 6.92 Å². The molecule has 0 spiro atoms. The molecule has 8 nitrogen and oxygen atoms in total. The lowest BCUT2D eigenvalue weighted by Gasteiger charge is -2.27. The quantitative estimate of drug-likeness (QED) is 0.311. The van der Waals surface area contributed by atoms with Gasteiger partial charge >= 0.3 is 0 Å². The molecule has 0 fully saturated rings. The van der Waals surface area contributed by atoms with E-state index in [9.17, 15) is 15.3 Å². The van der Waals surface area contributed by atoms with E-state index in [0.717, 1.165) is 11.1 Å². The zero-order valence-corrected chi connectivity index (χ0v) is 21.5. The molecule has 0 radical (unpaired) electrons. The molecule has 2 aromatic carbocycles. The van der Waals surface area contributed by atoms with Gasteiger partial charge in [0.05, 0.1) is 29.7 Å². The fourth-order valence-electron chi connectivity index (χ4n) is 3.53. The zero-order valence-electron chi connectivity index (χ0n) is 20.0. The van der Waals surface area contributed by atoms with Crippen molar-refractivity contribution in [2.45, 2.75) is 51.5 Å². The summed E-state index contributed by atoms with van der Waals surface area (Å²) < 4.78 is 12.8. The second kappa shape index (κ2) is 12.1. The van der Waals surface area contributed by atoms with Crippen LogP contribution in [0.3, 0.4) is 0 Å². The number of hydrogen-bond acceptors (Lipinski definition) is 7. The molecule has 3 rings (SSSR count). The van der Waals surface area contributed by atoms with E-state index in [0.29, 0.717) is 27.9 Å². The molecule has 3 aromatic rings. The third-order valence-corrected chi connectivity index (χ3v) is 6.54. The van der Waals surface area contributed by atoms with Gasteiger partial charge in [-0.15, -0.1) is 16.7 Å². The van der Waals surface area contributed by atoms with Gasteiger partial charge in [0, 0.05) is 5.41 Å². The average Bonchev–Trinajstić information content (AvgIpc) is 3.20. The molecule has 1 aromatic heterocycles. The molecule has 1 heterocycles. The predicted octanol–water partition coefficient (Wildman–Crippen LogP) is 3.48. The lowest BCUT2D eigenvalue weighted by molar-refractivity contribution is 0.0882. The number of aromatic nitrogens is 3. The number of halogens is 2. The molecule has 3 N–H and O–H groups in total. The number of nitrogens with zero attached hydrogens (tertiary/aromatic N) is 3. The van der Waals surface area contributed by atoms with E-state index in [-0.39, 0.29) is 37.7 Å². The first-order valence-electron chi connectivity index (χ1n) is 11.2. The van der Waals surface area contributed by atoms with E-state index in [1.807, 2.05) is 36.4 Å². The predicted molar refractivity (Wildman–Crippen MR) is 134 cm³/mol.